The Balaban J connectivity index is 1.69. The van der Waals surface area contributed by atoms with E-state index in [4.69, 9.17) is 4.74 Å². The summed E-state index contributed by atoms with van der Waals surface area (Å²) < 4.78 is 5.65. The zero-order chi connectivity index (χ0) is 15.2. The van der Waals surface area contributed by atoms with Crippen LogP contribution in [0.3, 0.4) is 0 Å². The zero-order valence-corrected chi connectivity index (χ0v) is 14.9. The van der Waals surface area contributed by atoms with Gasteiger partial charge in [-0.15, -0.1) is 0 Å². The van der Waals surface area contributed by atoms with Crippen molar-refractivity contribution in [1.29, 1.82) is 0 Å². The highest BCUT2D eigenvalue weighted by molar-refractivity contribution is 4.84. The molecule has 0 aromatic carbocycles. The van der Waals surface area contributed by atoms with Crippen LogP contribution in [-0.2, 0) is 4.74 Å². The summed E-state index contributed by atoms with van der Waals surface area (Å²) in [6.45, 7) is 7.21. The Morgan fingerprint density at radius 1 is 0.762 bits per heavy atom. The summed E-state index contributed by atoms with van der Waals surface area (Å²) in [5.41, 5.74) is 0. The summed E-state index contributed by atoms with van der Waals surface area (Å²) in [7, 11) is 1.89. The van der Waals surface area contributed by atoms with Gasteiger partial charge in [-0.05, 0) is 48.9 Å². The standard InChI is InChI=1S/C20H38O/c1-5-6-17-7-9-18(10-8-17)11-12-19-13-14-20(21-4)16(3)15(19)2/h15-20H,5-14H2,1-4H3. The van der Waals surface area contributed by atoms with E-state index in [1.165, 1.54) is 64.2 Å². The Hall–Kier alpha value is -0.0400. The minimum atomic E-state index is 0.515. The van der Waals surface area contributed by atoms with Crippen LogP contribution in [0.15, 0.2) is 0 Å². The van der Waals surface area contributed by atoms with Crippen LogP contribution in [0.5, 0.6) is 0 Å². The van der Waals surface area contributed by atoms with Gasteiger partial charge in [0.25, 0.3) is 0 Å². The maximum absolute atomic E-state index is 5.65. The third kappa shape index (κ3) is 4.71. The van der Waals surface area contributed by atoms with E-state index in [0.717, 1.165) is 29.6 Å². The van der Waals surface area contributed by atoms with E-state index in [0.29, 0.717) is 6.10 Å². The second-order valence-corrected chi connectivity index (χ2v) is 8.08. The van der Waals surface area contributed by atoms with Crippen molar-refractivity contribution in [3.63, 3.8) is 0 Å². The average Bonchev–Trinajstić information content (AvgIpc) is 2.50. The molecule has 0 N–H and O–H groups in total. The lowest BCUT2D eigenvalue weighted by molar-refractivity contribution is -0.0176. The van der Waals surface area contributed by atoms with Crippen molar-refractivity contribution >= 4 is 0 Å². The zero-order valence-electron chi connectivity index (χ0n) is 14.9. The third-order valence-corrected chi connectivity index (χ3v) is 6.89. The Morgan fingerprint density at radius 3 is 1.95 bits per heavy atom. The van der Waals surface area contributed by atoms with E-state index in [1.807, 2.05) is 7.11 Å². The number of hydrogen-bond acceptors (Lipinski definition) is 1. The predicted octanol–water partition coefficient (Wildman–Crippen LogP) is 6.07. The summed E-state index contributed by atoms with van der Waals surface area (Å²) in [4.78, 5) is 0. The topological polar surface area (TPSA) is 9.23 Å². The van der Waals surface area contributed by atoms with Gasteiger partial charge in [-0.3, -0.25) is 0 Å². The number of hydrogen-bond donors (Lipinski definition) is 0. The van der Waals surface area contributed by atoms with E-state index >= 15 is 0 Å². The smallest absolute Gasteiger partial charge is 0.0599 e. The molecule has 4 unspecified atom stereocenters. The highest BCUT2D eigenvalue weighted by Gasteiger charge is 2.34. The van der Waals surface area contributed by atoms with Gasteiger partial charge in [-0.2, -0.15) is 0 Å². The highest BCUT2D eigenvalue weighted by Crippen LogP contribution is 2.41. The Kier molecular flexibility index (Phi) is 7.05. The molecule has 1 heteroatoms. The fourth-order valence-corrected chi connectivity index (χ4v) is 5.08. The van der Waals surface area contributed by atoms with Crippen LogP contribution < -0.4 is 0 Å². The molecule has 21 heavy (non-hydrogen) atoms. The third-order valence-electron chi connectivity index (χ3n) is 6.89. The molecule has 0 aromatic rings. The van der Waals surface area contributed by atoms with E-state index in [9.17, 15) is 0 Å². The summed E-state index contributed by atoms with van der Waals surface area (Å²) in [6.07, 6.45) is 15.1. The molecule has 124 valence electrons. The fraction of sp³-hybridized carbons (Fsp3) is 1.00. The second kappa shape index (κ2) is 8.56. The number of ether oxygens (including phenoxy) is 1. The number of methoxy groups -OCH3 is 1. The van der Waals surface area contributed by atoms with Crippen molar-refractivity contribution in [3.05, 3.63) is 0 Å². The second-order valence-electron chi connectivity index (χ2n) is 8.08. The SMILES string of the molecule is CCCC1CCC(CCC2CCC(OC)C(C)C2C)CC1. The molecule has 2 saturated carbocycles. The Morgan fingerprint density at radius 2 is 1.38 bits per heavy atom. The summed E-state index contributed by atoms with van der Waals surface area (Å²) in [5.74, 6) is 4.65. The normalized spacial score (nSPS) is 41.1. The lowest BCUT2D eigenvalue weighted by Gasteiger charge is -2.40. The lowest BCUT2D eigenvalue weighted by Crippen LogP contribution is -2.36. The van der Waals surface area contributed by atoms with Crippen molar-refractivity contribution in [2.45, 2.75) is 91.1 Å². The molecule has 2 fully saturated rings. The quantitative estimate of drug-likeness (QED) is 0.577. The monoisotopic (exact) mass is 294 g/mol. The molecule has 0 heterocycles. The molecule has 0 radical (unpaired) electrons. The van der Waals surface area contributed by atoms with Crippen LogP contribution >= 0.6 is 0 Å². The molecular weight excluding hydrogens is 256 g/mol. The van der Waals surface area contributed by atoms with Crippen LogP contribution in [-0.4, -0.2) is 13.2 Å². The summed E-state index contributed by atoms with van der Waals surface area (Å²) in [5, 5.41) is 0. The first-order chi connectivity index (χ1) is 10.2. The molecule has 0 spiro atoms. The van der Waals surface area contributed by atoms with Gasteiger partial charge < -0.3 is 4.74 Å². The largest absolute Gasteiger partial charge is 0.381 e. The molecule has 0 aromatic heterocycles. The highest BCUT2D eigenvalue weighted by atomic mass is 16.5. The molecule has 2 aliphatic rings. The molecule has 0 amide bonds. The maximum Gasteiger partial charge on any atom is 0.0599 e. The first kappa shape index (κ1) is 17.3. The van der Waals surface area contributed by atoms with Gasteiger partial charge in [-0.25, -0.2) is 0 Å². The van der Waals surface area contributed by atoms with Crippen LogP contribution in [0.25, 0.3) is 0 Å². The van der Waals surface area contributed by atoms with E-state index in [1.54, 1.807) is 0 Å². The minimum Gasteiger partial charge on any atom is -0.381 e. The van der Waals surface area contributed by atoms with Gasteiger partial charge in [0.2, 0.25) is 0 Å². The van der Waals surface area contributed by atoms with Gasteiger partial charge in [0.1, 0.15) is 0 Å². The van der Waals surface area contributed by atoms with Gasteiger partial charge in [-0.1, -0.05) is 65.7 Å². The molecular formula is C20H38O. The Labute approximate surface area is 133 Å². The molecule has 2 rings (SSSR count). The Bertz CT molecular complexity index is 280. The predicted molar refractivity (Wildman–Crippen MR) is 91.4 cm³/mol. The molecule has 0 aliphatic heterocycles. The molecule has 1 nitrogen and oxygen atoms in total. The van der Waals surface area contributed by atoms with Crippen molar-refractivity contribution in [2.75, 3.05) is 7.11 Å². The van der Waals surface area contributed by atoms with Gasteiger partial charge >= 0.3 is 0 Å². The van der Waals surface area contributed by atoms with E-state index in [-0.39, 0.29) is 0 Å². The van der Waals surface area contributed by atoms with Crippen molar-refractivity contribution in [3.8, 4) is 0 Å². The van der Waals surface area contributed by atoms with Gasteiger partial charge in [0, 0.05) is 7.11 Å². The molecule has 4 atom stereocenters. The van der Waals surface area contributed by atoms with Crippen molar-refractivity contribution in [2.24, 2.45) is 29.6 Å². The summed E-state index contributed by atoms with van der Waals surface area (Å²) >= 11 is 0. The van der Waals surface area contributed by atoms with Crippen molar-refractivity contribution in [1.82, 2.24) is 0 Å². The van der Waals surface area contributed by atoms with Crippen LogP contribution in [0.1, 0.15) is 85.0 Å². The minimum absolute atomic E-state index is 0.515. The first-order valence-electron chi connectivity index (χ1n) is 9.68. The first-order valence-corrected chi connectivity index (χ1v) is 9.68. The molecule has 0 bridgehead atoms. The van der Waals surface area contributed by atoms with E-state index < -0.39 is 0 Å². The fourth-order valence-electron chi connectivity index (χ4n) is 5.08. The lowest BCUT2D eigenvalue weighted by atomic mass is 9.69. The van der Waals surface area contributed by atoms with Crippen LogP contribution in [0, 0.1) is 29.6 Å². The van der Waals surface area contributed by atoms with Gasteiger partial charge in [0.05, 0.1) is 6.10 Å². The molecule has 2 aliphatic carbocycles. The molecule has 0 saturated heterocycles. The maximum atomic E-state index is 5.65. The van der Waals surface area contributed by atoms with E-state index in [2.05, 4.69) is 20.8 Å². The number of rotatable bonds is 6. The van der Waals surface area contributed by atoms with Crippen molar-refractivity contribution < 1.29 is 4.74 Å². The van der Waals surface area contributed by atoms with Gasteiger partial charge in [0.15, 0.2) is 0 Å². The average molecular weight is 295 g/mol. The van der Waals surface area contributed by atoms with Crippen LogP contribution in [0.4, 0.5) is 0 Å². The summed E-state index contributed by atoms with van der Waals surface area (Å²) in [6, 6.07) is 0. The van der Waals surface area contributed by atoms with Crippen LogP contribution in [0.2, 0.25) is 0 Å².